The second kappa shape index (κ2) is 14.6. The Hall–Kier alpha value is -9.32. The molecule has 2 aliphatic rings. The summed E-state index contributed by atoms with van der Waals surface area (Å²) in [7, 11) is 0. The van der Waals surface area contributed by atoms with E-state index >= 15 is 0 Å². The molecule has 0 aliphatic carbocycles. The van der Waals surface area contributed by atoms with Gasteiger partial charge in [-0.1, -0.05) is 176 Å². The van der Waals surface area contributed by atoms with Crippen molar-refractivity contribution in [1.29, 1.82) is 0 Å². The van der Waals surface area contributed by atoms with Gasteiger partial charge in [-0.3, -0.25) is 0 Å². The zero-order valence-corrected chi connectivity index (χ0v) is 38.4. The van der Waals surface area contributed by atoms with Crippen molar-refractivity contribution in [2.45, 2.75) is 0 Å². The quantitative estimate of drug-likeness (QED) is 0.161. The van der Waals surface area contributed by atoms with Gasteiger partial charge >= 0.3 is 6.85 Å². The summed E-state index contributed by atoms with van der Waals surface area (Å²) >= 11 is 0. The van der Waals surface area contributed by atoms with Crippen molar-refractivity contribution in [2.24, 2.45) is 0 Å². The fourth-order valence-electron chi connectivity index (χ4n) is 12.4. The van der Waals surface area contributed by atoms with Gasteiger partial charge in [0.05, 0.1) is 27.8 Å². The third-order valence-electron chi connectivity index (χ3n) is 15.4. The summed E-state index contributed by atoms with van der Waals surface area (Å²) in [5.41, 5.74) is 23.1. The van der Waals surface area contributed by atoms with Gasteiger partial charge in [0.1, 0.15) is 5.58 Å². The first-order valence-corrected chi connectivity index (χ1v) is 24.5. The van der Waals surface area contributed by atoms with E-state index in [0.717, 1.165) is 50.2 Å². The molecule has 2 aliphatic heterocycles. The Labute approximate surface area is 409 Å². The van der Waals surface area contributed by atoms with Crippen LogP contribution in [0.3, 0.4) is 0 Å². The summed E-state index contributed by atoms with van der Waals surface area (Å²) in [6, 6.07) is 89.3. The van der Waals surface area contributed by atoms with Crippen LogP contribution in [0.25, 0.3) is 121 Å². The Morgan fingerprint density at radius 1 is 0.352 bits per heavy atom. The van der Waals surface area contributed by atoms with Gasteiger partial charge in [-0.2, -0.15) is 0 Å². The summed E-state index contributed by atoms with van der Waals surface area (Å²) < 4.78 is 12.3. The molecular formula is C66H40BN3O. The van der Waals surface area contributed by atoms with Crippen LogP contribution in [0, 0.1) is 0 Å². The lowest BCUT2D eigenvalue weighted by Crippen LogP contribution is -2.60. The molecule has 328 valence electrons. The van der Waals surface area contributed by atoms with Crippen LogP contribution in [0.4, 0.5) is 11.4 Å². The van der Waals surface area contributed by atoms with Crippen LogP contribution in [0.2, 0.25) is 0 Å². The zero-order valence-electron chi connectivity index (χ0n) is 38.4. The van der Waals surface area contributed by atoms with Crippen LogP contribution >= 0.6 is 0 Å². The lowest BCUT2D eigenvalue weighted by molar-refractivity contribution is 0.667. The lowest BCUT2D eigenvalue weighted by Gasteiger charge is -2.42. The van der Waals surface area contributed by atoms with Gasteiger partial charge in [0.15, 0.2) is 5.58 Å². The SMILES string of the molecule is c1ccc(-c2ccc(N3B4c5c(cc6c(oc7ccccc76)c5-n5c6ccc(-c7ccccc7)cc6c6cc(-c7ccccc7)cc4c65)-c4c3ccc3c5ccccc5n(-c5ccccc5)c43)cc2)cc1. The molecule has 0 saturated heterocycles. The summed E-state index contributed by atoms with van der Waals surface area (Å²) in [4.78, 5) is 2.65. The van der Waals surface area contributed by atoms with E-state index in [1.165, 1.54) is 93.5 Å². The molecule has 71 heavy (non-hydrogen) atoms. The van der Waals surface area contributed by atoms with Crippen molar-refractivity contribution in [3.8, 4) is 55.9 Å². The molecule has 0 unspecified atom stereocenters. The molecule has 0 spiro atoms. The highest BCUT2D eigenvalue weighted by Crippen LogP contribution is 2.52. The van der Waals surface area contributed by atoms with Gasteiger partial charge in [-0.15, -0.1) is 0 Å². The van der Waals surface area contributed by atoms with Crippen LogP contribution in [0.1, 0.15) is 0 Å². The van der Waals surface area contributed by atoms with Crippen molar-refractivity contribution in [2.75, 3.05) is 4.81 Å². The first-order valence-electron chi connectivity index (χ1n) is 24.5. The van der Waals surface area contributed by atoms with Crippen LogP contribution in [-0.2, 0) is 0 Å². The smallest absolute Gasteiger partial charge is 0.333 e. The predicted molar refractivity (Wildman–Crippen MR) is 298 cm³/mol. The first kappa shape index (κ1) is 38.6. The average molecular weight is 902 g/mol. The highest BCUT2D eigenvalue weighted by Gasteiger charge is 2.46. The van der Waals surface area contributed by atoms with Gasteiger partial charge in [-0.05, 0) is 117 Å². The van der Waals surface area contributed by atoms with E-state index in [-0.39, 0.29) is 6.85 Å². The Bertz CT molecular complexity index is 4500. The average Bonchev–Trinajstić information content (AvgIpc) is 4.11. The molecule has 0 amide bonds. The third kappa shape index (κ3) is 5.40. The summed E-state index contributed by atoms with van der Waals surface area (Å²) in [6.07, 6.45) is 0. The standard InChI is InChI=1S/C66H40BN3O/c1-5-17-41(18-6-1)44-29-32-48(33-30-44)70-59-36-34-51-49-25-13-15-27-57(49)68(47-23-11-4-12-24-47)64(51)61(59)55-40-54-50-26-14-16-28-60(50)71-66(54)65-62(55)67(70)56-39-46(43-21-9-3-10-22-43)38-53-52-37-45(42-19-7-2-8-20-42)31-35-58(52)69(65)63(53)56/h1-40H. The second-order valence-electron chi connectivity index (χ2n) is 19.2. The molecule has 14 aromatic rings. The number of benzene rings is 11. The number of fused-ring (bicyclic) bond motifs is 15. The molecular weight excluding hydrogens is 862 g/mol. The maximum Gasteiger partial charge on any atom is 0.333 e. The number of rotatable bonds is 5. The molecule has 0 radical (unpaired) electrons. The molecule has 0 saturated carbocycles. The van der Waals surface area contributed by atoms with Crippen LogP contribution in [-0.4, -0.2) is 16.0 Å². The summed E-state index contributed by atoms with van der Waals surface area (Å²) in [5.74, 6) is 0. The second-order valence-corrected chi connectivity index (χ2v) is 19.2. The van der Waals surface area contributed by atoms with E-state index in [4.69, 9.17) is 4.42 Å². The van der Waals surface area contributed by atoms with Crippen molar-refractivity contribution < 1.29 is 4.42 Å². The van der Waals surface area contributed by atoms with E-state index in [1.54, 1.807) is 0 Å². The fraction of sp³-hybridized carbons (Fsp3) is 0. The van der Waals surface area contributed by atoms with Crippen LogP contribution < -0.4 is 15.7 Å². The molecule has 16 rings (SSSR count). The zero-order chi connectivity index (χ0) is 46.3. The number of para-hydroxylation sites is 3. The minimum atomic E-state index is -0.240. The molecule has 0 bridgehead atoms. The van der Waals surface area contributed by atoms with Crippen molar-refractivity contribution >= 4 is 94.7 Å². The fourth-order valence-corrected chi connectivity index (χ4v) is 12.4. The highest BCUT2D eigenvalue weighted by atomic mass is 16.3. The van der Waals surface area contributed by atoms with Gasteiger partial charge in [0.25, 0.3) is 0 Å². The Kier molecular flexibility index (Phi) is 7.94. The minimum absolute atomic E-state index is 0.240. The Morgan fingerprint density at radius 3 is 1.69 bits per heavy atom. The Balaban J connectivity index is 1.12. The van der Waals surface area contributed by atoms with Gasteiger partial charge in [0.2, 0.25) is 0 Å². The molecule has 3 aromatic heterocycles. The highest BCUT2D eigenvalue weighted by molar-refractivity contribution is 6.94. The van der Waals surface area contributed by atoms with E-state index in [9.17, 15) is 0 Å². The lowest BCUT2D eigenvalue weighted by atomic mass is 9.43. The van der Waals surface area contributed by atoms with Crippen molar-refractivity contribution in [3.05, 3.63) is 243 Å². The molecule has 0 atom stereocenters. The van der Waals surface area contributed by atoms with E-state index < -0.39 is 0 Å². The maximum absolute atomic E-state index is 7.25. The number of hydrogen-bond acceptors (Lipinski definition) is 2. The van der Waals surface area contributed by atoms with E-state index in [1.807, 2.05) is 0 Å². The van der Waals surface area contributed by atoms with Crippen molar-refractivity contribution in [3.63, 3.8) is 0 Å². The van der Waals surface area contributed by atoms with E-state index in [2.05, 4.69) is 257 Å². The van der Waals surface area contributed by atoms with Gasteiger partial charge in [0, 0.05) is 54.9 Å². The molecule has 0 N–H and O–H groups in total. The molecule has 0 fully saturated rings. The van der Waals surface area contributed by atoms with Gasteiger partial charge in [-0.25, -0.2) is 0 Å². The summed E-state index contributed by atoms with van der Waals surface area (Å²) in [5, 5.41) is 7.10. The number of nitrogens with zero attached hydrogens (tertiary/aromatic N) is 3. The van der Waals surface area contributed by atoms with Crippen LogP contribution in [0.15, 0.2) is 247 Å². The molecule has 4 nitrogen and oxygen atoms in total. The topological polar surface area (TPSA) is 26.2 Å². The molecule has 5 heteroatoms. The Morgan fingerprint density at radius 2 is 0.944 bits per heavy atom. The predicted octanol–water partition coefficient (Wildman–Crippen LogP) is 16.0. The number of aromatic nitrogens is 2. The number of anilines is 2. The largest absolute Gasteiger partial charge is 0.454 e. The van der Waals surface area contributed by atoms with Crippen LogP contribution in [0.5, 0.6) is 0 Å². The van der Waals surface area contributed by atoms with Crippen molar-refractivity contribution in [1.82, 2.24) is 9.13 Å². The van der Waals surface area contributed by atoms with E-state index in [0.29, 0.717) is 0 Å². The number of furan rings is 1. The summed E-state index contributed by atoms with van der Waals surface area (Å²) in [6.45, 7) is -0.240. The number of hydrogen-bond donors (Lipinski definition) is 0. The first-order chi connectivity index (χ1) is 35.2. The molecule has 5 heterocycles. The normalized spacial score (nSPS) is 12.7. The molecule has 11 aromatic carbocycles. The monoisotopic (exact) mass is 901 g/mol. The van der Waals surface area contributed by atoms with Gasteiger partial charge < -0.3 is 18.4 Å². The minimum Gasteiger partial charge on any atom is -0.454 e. The third-order valence-corrected chi connectivity index (χ3v) is 15.4. The maximum atomic E-state index is 7.25.